The number of pyridine rings is 1. The van der Waals surface area contributed by atoms with Crippen LogP contribution in [0.2, 0.25) is 0 Å². The highest BCUT2D eigenvalue weighted by molar-refractivity contribution is 6.07. The van der Waals surface area contributed by atoms with Gasteiger partial charge in [0.1, 0.15) is 12.7 Å². The van der Waals surface area contributed by atoms with Crippen LogP contribution in [0.4, 0.5) is 0 Å². The molecule has 0 fully saturated rings. The number of nitrogens with one attached hydrogen (secondary N) is 1. The fraction of sp³-hybridized carbons (Fsp3) is 0.294. The first-order valence-corrected chi connectivity index (χ1v) is 7.54. The smallest absolute Gasteiger partial charge is 0.252 e. The largest absolute Gasteiger partial charge is 0.350 e. The molecule has 23 heavy (non-hydrogen) atoms. The molecule has 3 aromatic rings. The van der Waals surface area contributed by atoms with Crippen LogP contribution in [0.15, 0.2) is 30.9 Å². The summed E-state index contributed by atoms with van der Waals surface area (Å²) in [5, 5.41) is 11.3. The number of benzene rings is 1. The minimum Gasteiger partial charge on any atom is -0.350 e. The number of nitrogens with zero attached hydrogens (tertiary/aromatic N) is 4. The van der Waals surface area contributed by atoms with E-state index < -0.39 is 0 Å². The van der Waals surface area contributed by atoms with Gasteiger partial charge in [0.2, 0.25) is 0 Å². The first-order valence-electron chi connectivity index (χ1n) is 7.54. The summed E-state index contributed by atoms with van der Waals surface area (Å²) in [4.78, 5) is 17.2. The molecule has 1 amide bonds. The number of hydrogen-bond acceptors (Lipinski definition) is 4. The van der Waals surface area contributed by atoms with Gasteiger partial charge < -0.3 is 9.88 Å². The Morgan fingerprint density at radius 2 is 1.91 bits per heavy atom. The van der Waals surface area contributed by atoms with Crippen molar-refractivity contribution in [3.8, 4) is 0 Å². The number of fused-ring (bicyclic) bond motifs is 1. The molecule has 2 aromatic heterocycles. The van der Waals surface area contributed by atoms with Gasteiger partial charge in [-0.2, -0.15) is 0 Å². The standard InChI is InChI=1S/C17H19N5O/c1-11-4-5-14-15(8-12(2)21-16(14)13(11)3)17(23)18-6-7-22-9-19-20-10-22/h4-5,8-10H,6-7H2,1-3H3,(H,18,23). The van der Waals surface area contributed by atoms with Crippen LogP contribution in [0.5, 0.6) is 0 Å². The highest BCUT2D eigenvalue weighted by Crippen LogP contribution is 2.23. The third-order valence-electron chi connectivity index (χ3n) is 4.00. The molecule has 1 aromatic carbocycles. The number of amides is 1. The van der Waals surface area contributed by atoms with Crippen LogP contribution in [0.1, 0.15) is 27.2 Å². The van der Waals surface area contributed by atoms with Gasteiger partial charge in [-0.05, 0) is 38.0 Å². The van der Waals surface area contributed by atoms with Crippen molar-refractivity contribution < 1.29 is 4.79 Å². The van der Waals surface area contributed by atoms with E-state index in [0.29, 0.717) is 18.7 Å². The van der Waals surface area contributed by atoms with E-state index in [1.165, 1.54) is 5.56 Å². The van der Waals surface area contributed by atoms with Crippen molar-refractivity contribution in [2.24, 2.45) is 0 Å². The van der Waals surface area contributed by atoms with Crippen LogP contribution in [-0.4, -0.2) is 32.2 Å². The molecule has 118 valence electrons. The highest BCUT2D eigenvalue weighted by Gasteiger charge is 2.13. The molecule has 2 heterocycles. The summed E-state index contributed by atoms with van der Waals surface area (Å²) in [6, 6.07) is 5.84. The molecule has 6 heteroatoms. The molecule has 0 aliphatic carbocycles. The minimum absolute atomic E-state index is 0.0863. The molecule has 0 spiro atoms. The molecule has 0 aliphatic rings. The van der Waals surface area contributed by atoms with Crippen molar-refractivity contribution in [1.29, 1.82) is 0 Å². The zero-order valence-corrected chi connectivity index (χ0v) is 13.5. The lowest BCUT2D eigenvalue weighted by molar-refractivity contribution is 0.0954. The molecule has 0 unspecified atom stereocenters. The predicted molar refractivity (Wildman–Crippen MR) is 88.3 cm³/mol. The van der Waals surface area contributed by atoms with Gasteiger partial charge >= 0.3 is 0 Å². The van der Waals surface area contributed by atoms with Gasteiger partial charge in [-0.1, -0.05) is 12.1 Å². The van der Waals surface area contributed by atoms with Gasteiger partial charge in [-0.15, -0.1) is 10.2 Å². The topological polar surface area (TPSA) is 72.7 Å². The number of aromatic nitrogens is 4. The van der Waals surface area contributed by atoms with E-state index in [0.717, 1.165) is 22.2 Å². The van der Waals surface area contributed by atoms with E-state index in [2.05, 4.69) is 27.4 Å². The lowest BCUT2D eigenvalue weighted by atomic mass is 10.0. The average molecular weight is 309 g/mol. The third kappa shape index (κ3) is 3.06. The fourth-order valence-electron chi connectivity index (χ4n) is 2.58. The first kappa shape index (κ1) is 15.1. The molecular formula is C17H19N5O. The fourth-order valence-corrected chi connectivity index (χ4v) is 2.58. The second-order valence-electron chi connectivity index (χ2n) is 5.67. The van der Waals surface area contributed by atoms with Crippen molar-refractivity contribution in [2.75, 3.05) is 6.54 Å². The lowest BCUT2D eigenvalue weighted by Gasteiger charge is -2.12. The number of rotatable bonds is 4. The van der Waals surface area contributed by atoms with Gasteiger partial charge in [0.15, 0.2) is 0 Å². The summed E-state index contributed by atoms with van der Waals surface area (Å²) in [5.74, 6) is -0.0863. The molecule has 0 saturated carbocycles. The van der Waals surface area contributed by atoms with E-state index in [-0.39, 0.29) is 5.91 Å². The van der Waals surface area contributed by atoms with E-state index in [9.17, 15) is 4.79 Å². The lowest BCUT2D eigenvalue weighted by Crippen LogP contribution is -2.27. The summed E-state index contributed by atoms with van der Waals surface area (Å²) in [6.07, 6.45) is 3.26. The summed E-state index contributed by atoms with van der Waals surface area (Å²) in [5.41, 5.74) is 4.70. The second-order valence-corrected chi connectivity index (χ2v) is 5.67. The molecular weight excluding hydrogens is 290 g/mol. The predicted octanol–water partition coefficient (Wildman–Crippen LogP) is 2.18. The number of aryl methyl sites for hydroxylation is 3. The zero-order valence-electron chi connectivity index (χ0n) is 13.5. The normalized spacial score (nSPS) is 10.9. The second kappa shape index (κ2) is 6.16. The Kier molecular flexibility index (Phi) is 4.06. The maximum Gasteiger partial charge on any atom is 0.252 e. The molecule has 3 rings (SSSR count). The van der Waals surface area contributed by atoms with Gasteiger partial charge in [-0.3, -0.25) is 9.78 Å². The summed E-state index contributed by atoms with van der Waals surface area (Å²) in [7, 11) is 0. The molecule has 0 atom stereocenters. The highest BCUT2D eigenvalue weighted by atomic mass is 16.1. The van der Waals surface area contributed by atoms with E-state index in [1.54, 1.807) is 12.7 Å². The molecule has 0 aliphatic heterocycles. The average Bonchev–Trinajstić information content (AvgIpc) is 3.04. The van der Waals surface area contributed by atoms with Crippen LogP contribution in [0.25, 0.3) is 10.9 Å². The Hall–Kier alpha value is -2.76. The van der Waals surface area contributed by atoms with Crippen molar-refractivity contribution >= 4 is 16.8 Å². The van der Waals surface area contributed by atoms with E-state index in [1.807, 2.05) is 36.6 Å². The van der Waals surface area contributed by atoms with Crippen molar-refractivity contribution in [1.82, 2.24) is 25.1 Å². The molecule has 0 bridgehead atoms. The SMILES string of the molecule is Cc1cc(C(=O)NCCn2cnnc2)c2ccc(C)c(C)c2n1. The minimum atomic E-state index is -0.0863. The quantitative estimate of drug-likeness (QED) is 0.802. The Morgan fingerprint density at radius 3 is 2.65 bits per heavy atom. The Labute approximate surface area is 134 Å². The van der Waals surface area contributed by atoms with E-state index >= 15 is 0 Å². The monoisotopic (exact) mass is 309 g/mol. The Balaban J connectivity index is 1.86. The third-order valence-corrected chi connectivity index (χ3v) is 4.00. The summed E-state index contributed by atoms with van der Waals surface area (Å²) in [6.45, 7) is 7.16. The molecule has 1 N–H and O–H groups in total. The summed E-state index contributed by atoms with van der Waals surface area (Å²) < 4.78 is 1.82. The van der Waals surface area contributed by atoms with Gasteiger partial charge in [0, 0.05) is 24.2 Å². The van der Waals surface area contributed by atoms with E-state index in [4.69, 9.17) is 0 Å². The number of carbonyl (C=O) groups is 1. The van der Waals surface area contributed by atoms with Crippen LogP contribution in [0.3, 0.4) is 0 Å². The van der Waals surface area contributed by atoms with Crippen molar-refractivity contribution in [3.63, 3.8) is 0 Å². The Morgan fingerprint density at radius 1 is 1.17 bits per heavy atom. The van der Waals surface area contributed by atoms with Crippen molar-refractivity contribution in [2.45, 2.75) is 27.3 Å². The number of hydrogen-bond donors (Lipinski definition) is 1. The zero-order chi connectivity index (χ0) is 16.4. The van der Waals surface area contributed by atoms with Crippen LogP contribution >= 0.6 is 0 Å². The van der Waals surface area contributed by atoms with Crippen LogP contribution < -0.4 is 5.32 Å². The van der Waals surface area contributed by atoms with Crippen LogP contribution in [-0.2, 0) is 6.54 Å². The van der Waals surface area contributed by atoms with Gasteiger partial charge in [0.05, 0.1) is 11.1 Å². The molecule has 0 radical (unpaired) electrons. The van der Waals surface area contributed by atoms with Gasteiger partial charge in [0.25, 0.3) is 5.91 Å². The molecule has 0 saturated heterocycles. The molecule has 6 nitrogen and oxygen atoms in total. The Bertz CT molecular complexity index is 855. The maximum atomic E-state index is 12.6. The summed E-state index contributed by atoms with van der Waals surface area (Å²) >= 11 is 0. The number of carbonyl (C=O) groups excluding carboxylic acids is 1. The van der Waals surface area contributed by atoms with Gasteiger partial charge in [-0.25, -0.2) is 0 Å². The maximum absolute atomic E-state index is 12.6. The van der Waals surface area contributed by atoms with Crippen LogP contribution in [0, 0.1) is 20.8 Å². The first-order chi connectivity index (χ1) is 11.1. The van der Waals surface area contributed by atoms with Crippen molar-refractivity contribution in [3.05, 3.63) is 53.2 Å².